The number of hydrazine groups is 1. The van der Waals surface area contributed by atoms with Crippen molar-refractivity contribution in [1.82, 2.24) is 15.2 Å². The molecule has 0 saturated heterocycles. The number of hydrogen-bond donors (Lipinski definition) is 2. The van der Waals surface area contributed by atoms with Crippen molar-refractivity contribution < 1.29 is 4.39 Å². The quantitative estimate of drug-likeness (QED) is 0.591. The molecule has 0 aliphatic carbocycles. The number of nitrogens with zero attached hydrogens (tertiary/aromatic N) is 2. The van der Waals surface area contributed by atoms with E-state index in [4.69, 9.17) is 5.84 Å². The predicted molar refractivity (Wildman–Crippen MR) is 83.5 cm³/mol. The van der Waals surface area contributed by atoms with Crippen LogP contribution in [-0.4, -0.2) is 9.78 Å². The Morgan fingerprint density at radius 2 is 2.20 bits per heavy atom. The first-order valence-corrected chi connectivity index (χ1v) is 7.79. The highest BCUT2D eigenvalue weighted by atomic mass is 79.9. The summed E-state index contributed by atoms with van der Waals surface area (Å²) in [6, 6.07) is 4.31. The van der Waals surface area contributed by atoms with Crippen LogP contribution in [0, 0.1) is 5.82 Å². The van der Waals surface area contributed by atoms with Crippen LogP contribution in [0.2, 0.25) is 0 Å². The van der Waals surface area contributed by atoms with Crippen LogP contribution in [0.5, 0.6) is 0 Å². The van der Waals surface area contributed by atoms with Crippen molar-refractivity contribution in [2.24, 2.45) is 5.84 Å². The molecule has 7 heteroatoms. The summed E-state index contributed by atoms with van der Waals surface area (Å²) in [6.45, 7) is 2.80. The lowest BCUT2D eigenvalue weighted by Crippen LogP contribution is -2.31. The van der Waals surface area contributed by atoms with Gasteiger partial charge in [0.15, 0.2) is 0 Å². The largest absolute Gasteiger partial charge is 0.271 e. The van der Waals surface area contributed by atoms with Gasteiger partial charge in [-0.15, -0.1) is 0 Å². The van der Waals surface area contributed by atoms with Crippen molar-refractivity contribution in [2.75, 3.05) is 0 Å². The smallest absolute Gasteiger partial charge is 0.128 e. The predicted octanol–water partition coefficient (Wildman–Crippen LogP) is 3.51. The van der Waals surface area contributed by atoms with Crippen molar-refractivity contribution in [3.63, 3.8) is 0 Å². The fourth-order valence-corrected chi connectivity index (χ4v) is 3.00. The van der Waals surface area contributed by atoms with Gasteiger partial charge in [-0.2, -0.15) is 5.10 Å². The molecule has 1 aromatic heterocycles. The number of nitrogens with two attached hydrogens (primary N) is 1. The Morgan fingerprint density at radius 1 is 1.45 bits per heavy atom. The summed E-state index contributed by atoms with van der Waals surface area (Å²) in [5.41, 5.74) is 3.96. The molecule has 1 unspecified atom stereocenters. The van der Waals surface area contributed by atoms with Crippen LogP contribution in [0.25, 0.3) is 0 Å². The topological polar surface area (TPSA) is 55.9 Å². The Balaban J connectivity index is 2.52. The zero-order valence-corrected chi connectivity index (χ0v) is 14.1. The lowest BCUT2D eigenvalue weighted by Gasteiger charge is -2.19. The van der Waals surface area contributed by atoms with E-state index in [1.165, 1.54) is 6.07 Å². The summed E-state index contributed by atoms with van der Waals surface area (Å²) in [5, 5.41) is 4.29. The zero-order chi connectivity index (χ0) is 14.7. The minimum Gasteiger partial charge on any atom is -0.271 e. The zero-order valence-electron chi connectivity index (χ0n) is 10.9. The molecule has 2 rings (SSSR count). The normalized spacial score (nSPS) is 12.7. The van der Waals surface area contributed by atoms with Gasteiger partial charge in [0.2, 0.25) is 0 Å². The van der Waals surface area contributed by atoms with Gasteiger partial charge in [0.05, 0.1) is 22.4 Å². The average molecular weight is 406 g/mol. The highest BCUT2D eigenvalue weighted by Gasteiger charge is 2.23. The molecule has 108 valence electrons. The van der Waals surface area contributed by atoms with Crippen LogP contribution in [0.1, 0.15) is 30.6 Å². The molecule has 20 heavy (non-hydrogen) atoms. The Bertz CT molecular complexity index is 600. The molecule has 0 amide bonds. The SMILES string of the molecule is CCCn1ncc(Br)c1C(NN)c1cc(Br)ccc1F. The van der Waals surface area contributed by atoms with E-state index in [1.54, 1.807) is 18.3 Å². The lowest BCUT2D eigenvalue weighted by molar-refractivity contribution is 0.500. The van der Waals surface area contributed by atoms with E-state index in [9.17, 15) is 4.39 Å². The Kier molecular flexibility index (Phi) is 5.31. The molecule has 2 aromatic rings. The second kappa shape index (κ2) is 6.80. The second-order valence-electron chi connectivity index (χ2n) is 4.37. The summed E-state index contributed by atoms with van der Waals surface area (Å²) >= 11 is 6.81. The van der Waals surface area contributed by atoms with Crippen molar-refractivity contribution in [1.29, 1.82) is 0 Å². The molecule has 0 bridgehead atoms. The maximum absolute atomic E-state index is 14.1. The number of hydrogen-bond acceptors (Lipinski definition) is 3. The van der Waals surface area contributed by atoms with Gasteiger partial charge in [-0.25, -0.2) is 9.82 Å². The maximum atomic E-state index is 14.1. The summed E-state index contributed by atoms with van der Waals surface area (Å²) in [6.07, 6.45) is 2.63. The van der Waals surface area contributed by atoms with E-state index >= 15 is 0 Å². The molecule has 0 aliphatic heterocycles. The van der Waals surface area contributed by atoms with Gasteiger partial charge in [-0.1, -0.05) is 22.9 Å². The van der Waals surface area contributed by atoms with Gasteiger partial charge in [-0.3, -0.25) is 10.5 Å². The fraction of sp³-hybridized carbons (Fsp3) is 0.308. The van der Waals surface area contributed by atoms with E-state index in [1.807, 2.05) is 4.68 Å². The molecule has 1 heterocycles. The molecule has 1 aromatic carbocycles. The van der Waals surface area contributed by atoms with Crippen LogP contribution < -0.4 is 11.3 Å². The van der Waals surface area contributed by atoms with Crippen molar-refractivity contribution in [3.8, 4) is 0 Å². The van der Waals surface area contributed by atoms with E-state index in [-0.39, 0.29) is 5.82 Å². The van der Waals surface area contributed by atoms with Crippen LogP contribution >= 0.6 is 31.9 Å². The molecular formula is C13H15Br2FN4. The highest BCUT2D eigenvalue weighted by Crippen LogP contribution is 2.31. The van der Waals surface area contributed by atoms with Crippen molar-refractivity contribution >= 4 is 31.9 Å². The minimum absolute atomic E-state index is 0.313. The number of halogens is 3. The number of aryl methyl sites for hydroxylation is 1. The molecular weight excluding hydrogens is 391 g/mol. The third-order valence-corrected chi connectivity index (χ3v) is 4.08. The Morgan fingerprint density at radius 3 is 2.85 bits per heavy atom. The molecule has 0 spiro atoms. The van der Waals surface area contributed by atoms with Gasteiger partial charge < -0.3 is 0 Å². The van der Waals surface area contributed by atoms with Gasteiger partial charge in [0.1, 0.15) is 5.82 Å². The molecule has 0 fully saturated rings. The van der Waals surface area contributed by atoms with Gasteiger partial charge in [-0.05, 0) is 40.5 Å². The van der Waals surface area contributed by atoms with Crippen LogP contribution in [0.3, 0.4) is 0 Å². The van der Waals surface area contributed by atoms with Crippen molar-refractivity contribution in [2.45, 2.75) is 25.9 Å². The van der Waals surface area contributed by atoms with E-state index in [0.717, 1.165) is 27.6 Å². The van der Waals surface area contributed by atoms with E-state index in [0.29, 0.717) is 5.56 Å². The summed E-state index contributed by atoms with van der Waals surface area (Å²) in [5.74, 6) is 5.34. The van der Waals surface area contributed by atoms with E-state index < -0.39 is 6.04 Å². The average Bonchev–Trinajstić information content (AvgIpc) is 2.77. The first kappa shape index (κ1) is 15.6. The summed E-state index contributed by atoms with van der Waals surface area (Å²) in [4.78, 5) is 0. The molecule has 1 atom stereocenters. The third kappa shape index (κ3) is 3.11. The summed E-state index contributed by atoms with van der Waals surface area (Å²) in [7, 11) is 0. The fourth-order valence-electron chi connectivity index (χ4n) is 2.10. The standard InChI is InChI=1S/C13H15Br2FN4/c1-2-5-20-13(10(15)7-18-20)12(19-17)9-6-8(14)3-4-11(9)16/h3-4,6-7,12,19H,2,5,17H2,1H3. The van der Waals surface area contributed by atoms with Gasteiger partial charge >= 0.3 is 0 Å². The highest BCUT2D eigenvalue weighted by molar-refractivity contribution is 9.10. The van der Waals surface area contributed by atoms with Gasteiger partial charge in [0.25, 0.3) is 0 Å². The second-order valence-corrected chi connectivity index (χ2v) is 6.14. The monoisotopic (exact) mass is 404 g/mol. The van der Waals surface area contributed by atoms with Crippen LogP contribution in [0.15, 0.2) is 33.3 Å². The summed E-state index contributed by atoms with van der Waals surface area (Å²) < 4.78 is 17.5. The van der Waals surface area contributed by atoms with Gasteiger partial charge in [0, 0.05) is 16.6 Å². The molecule has 0 radical (unpaired) electrons. The third-order valence-electron chi connectivity index (χ3n) is 2.98. The van der Waals surface area contributed by atoms with Crippen LogP contribution in [0.4, 0.5) is 4.39 Å². The minimum atomic E-state index is -0.476. The molecule has 0 saturated carbocycles. The molecule has 3 N–H and O–H groups in total. The first-order valence-electron chi connectivity index (χ1n) is 6.20. The number of nitrogens with one attached hydrogen (secondary N) is 1. The van der Waals surface area contributed by atoms with Crippen molar-refractivity contribution in [3.05, 3.63) is 50.4 Å². The molecule has 4 nitrogen and oxygen atoms in total. The number of rotatable bonds is 5. The van der Waals surface area contributed by atoms with E-state index in [2.05, 4.69) is 49.3 Å². The first-order chi connectivity index (χ1) is 9.58. The lowest BCUT2D eigenvalue weighted by atomic mass is 10.0. The number of aromatic nitrogens is 2. The Hall–Kier alpha value is -0.760. The Labute approximate surface area is 133 Å². The number of benzene rings is 1. The van der Waals surface area contributed by atoms with Crippen LogP contribution in [-0.2, 0) is 6.54 Å². The molecule has 0 aliphatic rings. The maximum Gasteiger partial charge on any atom is 0.128 e.